The molecule has 18 heavy (non-hydrogen) atoms. The molecular weight excluding hydrogens is 232 g/mol. The first-order valence-corrected chi connectivity index (χ1v) is 6.15. The molecule has 0 aliphatic carbocycles. The van der Waals surface area contributed by atoms with Gasteiger partial charge in [0.05, 0.1) is 19.4 Å². The van der Waals surface area contributed by atoms with Crippen molar-refractivity contribution in [2.45, 2.75) is 0 Å². The lowest BCUT2D eigenvalue weighted by Gasteiger charge is -2.26. The molecule has 6 heteroatoms. The maximum atomic E-state index is 5.77. The van der Waals surface area contributed by atoms with Crippen LogP contribution in [-0.2, 0) is 4.74 Å². The van der Waals surface area contributed by atoms with Gasteiger partial charge in [-0.25, -0.2) is 9.50 Å². The Balaban J connectivity index is 1.57. The Morgan fingerprint density at radius 3 is 3.06 bits per heavy atom. The largest absolute Gasteiger partial charge is 0.488 e. The van der Waals surface area contributed by atoms with Crippen LogP contribution in [0.4, 0.5) is 0 Å². The van der Waals surface area contributed by atoms with E-state index in [0.29, 0.717) is 6.61 Å². The molecule has 0 amide bonds. The fourth-order valence-electron chi connectivity index (χ4n) is 2.04. The van der Waals surface area contributed by atoms with Gasteiger partial charge in [0.25, 0.3) is 0 Å². The number of ether oxygens (including phenoxy) is 2. The Morgan fingerprint density at radius 2 is 2.17 bits per heavy atom. The van der Waals surface area contributed by atoms with Crippen LogP contribution in [0.5, 0.6) is 5.75 Å². The number of aromatic nitrogens is 3. The van der Waals surface area contributed by atoms with Crippen LogP contribution in [0, 0.1) is 0 Å². The van der Waals surface area contributed by atoms with Crippen LogP contribution < -0.4 is 4.74 Å². The van der Waals surface area contributed by atoms with Crippen molar-refractivity contribution in [3.05, 3.63) is 24.7 Å². The minimum atomic E-state index is 0.659. The highest BCUT2D eigenvalue weighted by molar-refractivity contribution is 5.51. The minimum Gasteiger partial charge on any atom is -0.488 e. The zero-order chi connectivity index (χ0) is 12.2. The number of nitrogens with zero attached hydrogens (tertiary/aromatic N) is 4. The van der Waals surface area contributed by atoms with E-state index in [9.17, 15) is 0 Å². The molecule has 2 aromatic heterocycles. The average Bonchev–Trinajstić information content (AvgIpc) is 2.89. The molecule has 1 saturated heterocycles. The molecule has 0 unspecified atom stereocenters. The fourth-order valence-corrected chi connectivity index (χ4v) is 2.04. The maximum Gasteiger partial charge on any atom is 0.196 e. The highest BCUT2D eigenvalue weighted by Gasteiger charge is 2.10. The molecule has 1 aliphatic rings. The third kappa shape index (κ3) is 2.44. The predicted molar refractivity (Wildman–Crippen MR) is 65.7 cm³/mol. The zero-order valence-electron chi connectivity index (χ0n) is 10.2. The van der Waals surface area contributed by atoms with Crippen LogP contribution in [0.25, 0.3) is 5.65 Å². The maximum absolute atomic E-state index is 5.77. The van der Waals surface area contributed by atoms with Crippen molar-refractivity contribution in [1.82, 2.24) is 19.5 Å². The van der Waals surface area contributed by atoms with Crippen molar-refractivity contribution in [3.63, 3.8) is 0 Å². The lowest BCUT2D eigenvalue weighted by Crippen LogP contribution is -2.38. The summed E-state index contributed by atoms with van der Waals surface area (Å²) in [5, 5.41) is 4.15. The van der Waals surface area contributed by atoms with E-state index in [1.54, 1.807) is 16.9 Å². The second-order valence-electron chi connectivity index (χ2n) is 4.19. The smallest absolute Gasteiger partial charge is 0.196 e. The summed E-state index contributed by atoms with van der Waals surface area (Å²) < 4.78 is 12.8. The molecule has 0 bridgehead atoms. The summed E-state index contributed by atoms with van der Waals surface area (Å²) in [5.41, 5.74) is 0.763. The van der Waals surface area contributed by atoms with Crippen LogP contribution in [0.15, 0.2) is 24.7 Å². The van der Waals surface area contributed by atoms with E-state index in [1.807, 2.05) is 12.3 Å². The number of rotatable bonds is 4. The summed E-state index contributed by atoms with van der Waals surface area (Å²) in [5.74, 6) is 0.781. The van der Waals surface area contributed by atoms with Gasteiger partial charge in [0.15, 0.2) is 11.4 Å². The second kappa shape index (κ2) is 5.32. The molecule has 0 saturated carbocycles. The first kappa shape index (κ1) is 11.4. The highest BCUT2D eigenvalue weighted by atomic mass is 16.5. The standard InChI is InChI=1S/C12H16N4O2/c1-2-14-16-4-3-13-12(16)11(1)18-10-7-15-5-8-17-9-6-15/h1-4H,5-10H2. The Bertz CT molecular complexity index is 508. The van der Waals surface area contributed by atoms with Gasteiger partial charge in [0.2, 0.25) is 0 Å². The fraction of sp³-hybridized carbons (Fsp3) is 0.500. The van der Waals surface area contributed by atoms with E-state index in [-0.39, 0.29) is 0 Å². The van der Waals surface area contributed by atoms with Gasteiger partial charge in [0.1, 0.15) is 6.61 Å². The van der Waals surface area contributed by atoms with Crippen molar-refractivity contribution in [3.8, 4) is 5.75 Å². The van der Waals surface area contributed by atoms with E-state index >= 15 is 0 Å². The summed E-state index contributed by atoms with van der Waals surface area (Å²) in [7, 11) is 0. The zero-order valence-corrected chi connectivity index (χ0v) is 10.2. The third-order valence-corrected chi connectivity index (χ3v) is 3.03. The van der Waals surface area contributed by atoms with Gasteiger partial charge < -0.3 is 9.47 Å². The van der Waals surface area contributed by atoms with Gasteiger partial charge in [0, 0.05) is 38.1 Å². The van der Waals surface area contributed by atoms with Crippen molar-refractivity contribution in [1.29, 1.82) is 0 Å². The van der Waals surface area contributed by atoms with Crippen molar-refractivity contribution in [2.75, 3.05) is 39.5 Å². The van der Waals surface area contributed by atoms with Gasteiger partial charge in [-0.2, -0.15) is 5.10 Å². The second-order valence-corrected chi connectivity index (χ2v) is 4.19. The molecule has 1 aliphatic heterocycles. The molecule has 1 fully saturated rings. The monoisotopic (exact) mass is 248 g/mol. The van der Waals surface area contributed by atoms with E-state index < -0.39 is 0 Å². The summed E-state index contributed by atoms with van der Waals surface area (Å²) in [6.07, 6.45) is 5.25. The van der Waals surface area contributed by atoms with Crippen LogP contribution >= 0.6 is 0 Å². The van der Waals surface area contributed by atoms with Gasteiger partial charge in [-0.05, 0) is 0 Å². The quantitative estimate of drug-likeness (QED) is 0.786. The van der Waals surface area contributed by atoms with E-state index in [1.165, 1.54) is 0 Å². The topological polar surface area (TPSA) is 51.9 Å². The summed E-state index contributed by atoms with van der Waals surface area (Å²) in [4.78, 5) is 6.57. The van der Waals surface area contributed by atoms with Gasteiger partial charge in [-0.15, -0.1) is 0 Å². The molecule has 0 aromatic carbocycles. The van der Waals surface area contributed by atoms with Crippen molar-refractivity contribution in [2.24, 2.45) is 0 Å². The molecule has 0 atom stereocenters. The van der Waals surface area contributed by atoms with E-state index in [4.69, 9.17) is 9.47 Å². The van der Waals surface area contributed by atoms with Crippen molar-refractivity contribution < 1.29 is 9.47 Å². The Kier molecular flexibility index (Phi) is 3.38. The van der Waals surface area contributed by atoms with Gasteiger partial charge in [-0.3, -0.25) is 4.90 Å². The van der Waals surface area contributed by atoms with Gasteiger partial charge in [-0.1, -0.05) is 0 Å². The summed E-state index contributed by atoms with van der Waals surface area (Å²) >= 11 is 0. The predicted octanol–water partition coefficient (Wildman–Crippen LogP) is 0.440. The van der Waals surface area contributed by atoms with Crippen LogP contribution in [0.1, 0.15) is 0 Å². The lowest BCUT2D eigenvalue weighted by atomic mass is 10.4. The van der Waals surface area contributed by atoms with Crippen LogP contribution in [0.2, 0.25) is 0 Å². The minimum absolute atomic E-state index is 0.659. The normalized spacial score (nSPS) is 17.1. The average molecular weight is 248 g/mol. The molecule has 0 radical (unpaired) electrons. The number of hydrogen-bond acceptors (Lipinski definition) is 5. The highest BCUT2D eigenvalue weighted by Crippen LogP contribution is 2.15. The van der Waals surface area contributed by atoms with Crippen LogP contribution in [0.3, 0.4) is 0 Å². The molecule has 0 N–H and O–H groups in total. The number of hydrogen-bond donors (Lipinski definition) is 0. The number of fused-ring (bicyclic) bond motifs is 1. The van der Waals surface area contributed by atoms with Crippen LogP contribution in [-0.4, -0.2) is 59.0 Å². The summed E-state index contributed by atoms with van der Waals surface area (Å²) in [6, 6.07) is 1.85. The van der Waals surface area contributed by atoms with Gasteiger partial charge >= 0.3 is 0 Å². The number of morpholine rings is 1. The Hall–Kier alpha value is -1.66. The first-order chi connectivity index (χ1) is 8.93. The Labute approximate surface area is 105 Å². The molecule has 3 heterocycles. The Morgan fingerprint density at radius 1 is 1.28 bits per heavy atom. The third-order valence-electron chi connectivity index (χ3n) is 3.03. The molecule has 6 nitrogen and oxygen atoms in total. The molecule has 2 aromatic rings. The molecule has 3 rings (SSSR count). The van der Waals surface area contributed by atoms with E-state index in [0.717, 1.165) is 44.2 Å². The number of imidazole rings is 1. The SMILES string of the molecule is c1cn2nccc(OCCN3CCOCC3)c2n1. The molecule has 0 spiro atoms. The summed E-state index contributed by atoms with van der Waals surface area (Å²) in [6.45, 7) is 5.18. The van der Waals surface area contributed by atoms with E-state index in [2.05, 4.69) is 15.0 Å². The molecule has 96 valence electrons. The van der Waals surface area contributed by atoms with Crippen molar-refractivity contribution >= 4 is 5.65 Å². The first-order valence-electron chi connectivity index (χ1n) is 6.15. The molecular formula is C12H16N4O2. The lowest BCUT2D eigenvalue weighted by molar-refractivity contribution is 0.0323.